The van der Waals surface area contributed by atoms with Gasteiger partial charge in [0.25, 0.3) is 0 Å². The average Bonchev–Trinajstić information content (AvgIpc) is 1.26. The number of carbonyl (C=O) groups is 12. The molecule has 2 aliphatic rings. The Bertz CT molecular complexity index is 3340. The van der Waals surface area contributed by atoms with Crippen LogP contribution in [0.15, 0.2) is 78.9 Å². The number of halogens is 4. The van der Waals surface area contributed by atoms with E-state index >= 15 is 14.4 Å². The lowest BCUT2D eigenvalue weighted by Gasteiger charge is -2.39. The molecule has 2 fully saturated rings. The van der Waals surface area contributed by atoms with Crippen molar-refractivity contribution in [2.45, 2.75) is 161 Å². The zero-order chi connectivity index (χ0) is 74.1. The van der Waals surface area contributed by atoms with Crippen molar-refractivity contribution in [3.05, 3.63) is 106 Å². The van der Waals surface area contributed by atoms with Crippen molar-refractivity contribution in [3.8, 4) is 0 Å². The lowest BCUT2D eigenvalue weighted by atomic mass is 9.96. The van der Waals surface area contributed by atoms with Crippen molar-refractivity contribution in [1.82, 2.24) is 60.0 Å². The molecule has 0 bridgehead atoms. The van der Waals surface area contributed by atoms with E-state index in [1.807, 2.05) is 0 Å². The smallest absolute Gasteiger partial charge is 0.343 e. The summed E-state index contributed by atoms with van der Waals surface area (Å²) in [4.78, 5) is 187. The highest BCUT2D eigenvalue weighted by Gasteiger charge is 2.44. The molecule has 2 heterocycles. The van der Waals surface area contributed by atoms with Gasteiger partial charge in [0.05, 0.1) is 31.6 Å². The molecule has 3 aromatic rings. The number of benzene rings is 3. The molecular weight excluding hydrogens is 1310 g/mol. The Balaban J connectivity index is 1.65. The third-order valence-corrected chi connectivity index (χ3v) is 19.1. The number of carbonyl (C=O) groups excluding carboxylic acids is 12. The molecule has 0 radical (unpaired) electrons. The number of likely N-dealkylation sites (N-methyl/N-ethyl adjacent to an activating group) is 8. The Kier molecular flexibility index (Phi) is 29.9. The fraction of sp³-hybridized carbons (Fsp3) is 0.577. The number of nitrogens with one attached hydrogen (secondary N) is 3. The van der Waals surface area contributed by atoms with Crippen molar-refractivity contribution in [2.75, 3.05) is 89.1 Å². The molecule has 3 N–H and O–H groups in total. The summed E-state index contributed by atoms with van der Waals surface area (Å²) in [5.74, 6) is -10.4. The minimum Gasteiger partial charge on any atom is -0.343 e. The zero-order valence-electron chi connectivity index (χ0n) is 59.7. The van der Waals surface area contributed by atoms with E-state index in [2.05, 4.69) is 16.0 Å². The maximum Gasteiger partial charge on any atom is 0.416 e. The van der Waals surface area contributed by atoms with Crippen LogP contribution in [0.5, 0.6) is 0 Å². The normalized spacial score (nSPS) is 23.7. The van der Waals surface area contributed by atoms with Gasteiger partial charge in [0, 0.05) is 87.3 Å². The first-order valence-electron chi connectivity index (χ1n) is 33.6. The highest BCUT2D eigenvalue weighted by molar-refractivity contribution is 6.30. The molecule has 0 aliphatic carbocycles. The summed E-state index contributed by atoms with van der Waals surface area (Å²) in [6, 6.07) is 8.53. The number of aryl methyl sites for hydroxylation is 1. The van der Waals surface area contributed by atoms with Crippen LogP contribution in [0.2, 0.25) is 5.02 Å². The van der Waals surface area contributed by atoms with Crippen molar-refractivity contribution < 1.29 is 70.7 Å². The number of hydrogen-bond acceptors (Lipinski definition) is 12. The third kappa shape index (κ3) is 22.2. The first-order chi connectivity index (χ1) is 46.4. The molecule has 12 amide bonds. The van der Waals surface area contributed by atoms with E-state index in [0.29, 0.717) is 54.1 Å². The molecule has 0 saturated carbocycles. The molecular formula is C71H100ClF3N12O12. The molecule has 24 nitrogen and oxygen atoms in total. The molecule has 0 unspecified atom stereocenters. The largest absolute Gasteiger partial charge is 0.416 e. The summed E-state index contributed by atoms with van der Waals surface area (Å²) in [6.45, 7) is 10.7. The zero-order valence-corrected chi connectivity index (χ0v) is 60.4. The molecule has 5 rings (SSSR count). The molecule has 2 saturated heterocycles. The number of alkyl halides is 3. The van der Waals surface area contributed by atoms with Crippen LogP contribution in [0.4, 0.5) is 13.2 Å². The number of hydrogen-bond donors (Lipinski definition) is 3. The summed E-state index contributed by atoms with van der Waals surface area (Å²) in [7, 11) is 10.8. The molecule has 3 aromatic carbocycles. The van der Waals surface area contributed by atoms with Crippen molar-refractivity contribution in [1.29, 1.82) is 0 Å². The summed E-state index contributed by atoms with van der Waals surface area (Å²) >= 11 is 6.23. The monoisotopic (exact) mass is 1400 g/mol. The van der Waals surface area contributed by atoms with Crippen LogP contribution in [0.3, 0.4) is 0 Å². The quantitative estimate of drug-likeness (QED) is 0.213. The van der Waals surface area contributed by atoms with Gasteiger partial charge in [-0.2, -0.15) is 13.2 Å². The molecule has 544 valence electrons. The van der Waals surface area contributed by atoms with E-state index in [4.69, 9.17) is 11.6 Å². The van der Waals surface area contributed by atoms with Crippen molar-refractivity contribution in [3.63, 3.8) is 0 Å². The van der Waals surface area contributed by atoms with Crippen molar-refractivity contribution >= 4 is 82.5 Å². The Hall–Kier alpha value is -8.62. The molecule has 99 heavy (non-hydrogen) atoms. The van der Waals surface area contributed by atoms with E-state index in [-0.39, 0.29) is 38.0 Å². The molecule has 2 aliphatic heterocycles. The first-order valence-corrected chi connectivity index (χ1v) is 33.9. The minimum absolute atomic E-state index is 0.00559. The predicted molar refractivity (Wildman–Crippen MR) is 366 cm³/mol. The predicted octanol–water partition coefficient (Wildman–Crippen LogP) is 4.54. The number of amides is 12. The van der Waals surface area contributed by atoms with E-state index in [1.54, 1.807) is 96.1 Å². The maximum atomic E-state index is 15.5. The Morgan fingerprint density at radius 3 is 1.64 bits per heavy atom. The van der Waals surface area contributed by atoms with Gasteiger partial charge in [-0.3, -0.25) is 57.5 Å². The average molecular weight is 1410 g/mol. The Morgan fingerprint density at radius 2 is 1.08 bits per heavy atom. The topological polar surface area (TPSA) is 270 Å². The first kappa shape index (κ1) is 81.1. The van der Waals surface area contributed by atoms with Crippen LogP contribution >= 0.6 is 11.6 Å². The molecule has 0 aromatic heterocycles. The summed E-state index contributed by atoms with van der Waals surface area (Å²) in [5, 5.41) is 8.63. The fourth-order valence-corrected chi connectivity index (χ4v) is 12.3. The van der Waals surface area contributed by atoms with Gasteiger partial charge in [-0.25, -0.2) is 0 Å². The standard InChI is InChI=1S/C71H100ClF3N12O12/c1-16-45(6)61-70(99)81(10)41-59(90)79(8)42-60(91)83(12)55(38-49-26-31-51(72)32-27-49)67(96)80(9)40-57(88)76-52(33-28-47-24-29-50(30-25-47)71(73,74)75)65(94)84(13)54(36-43(2)3)68(97)85(14)56(37-48-22-18-17-19-23-48)69(98)86(15)62(44(4)5)64(93)77-53(66(95)87-34-20-21-35-87)39-58(89)82(11)46(7)63(92)78-61/h17-19,22-27,29-32,43-46,52-56,61-62H,16,20-21,28,33-42H2,1-15H3,(H,76,88)(H,77,93)(H,78,92)/t45-,46-,52-,53-,54-,55-,56-,61-,62-/m0/s1. The second-order valence-electron chi connectivity index (χ2n) is 27.1. The minimum atomic E-state index is -4.65. The van der Waals surface area contributed by atoms with E-state index in [1.165, 1.54) is 90.1 Å². The summed E-state index contributed by atoms with van der Waals surface area (Å²) < 4.78 is 41.2. The Labute approximate surface area is 584 Å². The molecule has 28 heteroatoms. The number of nitrogens with zero attached hydrogens (tertiary/aromatic N) is 9. The summed E-state index contributed by atoms with van der Waals surface area (Å²) in [5.41, 5.74) is 0.599. The van der Waals surface area contributed by atoms with Crippen LogP contribution in [0, 0.1) is 17.8 Å². The lowest BCUT2D eigenvalue weighted by Crippen LogP contribution is -2.61. The van der Waals surface area contributed by atoms with Gasteiger partial charge < -0.3 is 60.0 Å². The Morgan fingerprint density at radius 1 is 0.556 bits per heavy atom. The van der Waals surface area contributed by atoms with E-state index in [0.717, 1.165) is 41.5 Å². The van der Waals surface area contributed by atoms with Crippen LogP contribution in [-0.2, 0) is 83.0 Å². The van der Waals surface area contributed by atoms with Gasteiger partial charge in [0.2, 0.25) is 70.9 Å². The highest BCUT2D eigenvalue weighted by atomic mass is 35.5. The van der Waals surface area contributed by atoms with Gasteiger partial charge in [0.1, 0.15) is 48.3 Å². The van der Waals surface area contributed by atoms with Gasteiger partial charge in [0.15, 0.2) is 0 Å². The second-order valence-corrected chi connectivity index (χ2v) is 27.5. The maximum absolute atomic E-state index is 15.5. The van der Waals surface area contributed by atoms with Gasteiger partial charge in [-0.1, -0.05) is 114 Å². The molecule has 9 atom stereocenters. The molecule has 0 spiro atoms. The van der Waals surface area contributed by atoms with E-state index in [9.17, 15) is 56.3 Å². The van der Waals surface area contributed by atoms with E-state index < -0.39 is 169 Å². The van der Waals surface area contributed by atoms with Crippen LogP contribution in [-0.4, -0.2) is 252 Å². The lowest BCUT2D eigenvalue weighted by molar-refractivity contribution is -0.153. The highest BCUT2D eigenvalue weighted by Crippen LogP contribution is 2.30. The van der Waals surface area contributed by atoms with Crippen LogP contribution in [0.25, 0.3) is 0 Å². The van der Waals surface area contributed by atoms with Gasteiger partial charge in [-0.05, 0) is 97.7 Å². The SMILES string of the molecule is CC[C@H](C)[C@@H]1NC(=O)[C@H](C)N(C)C(=O)C[C@@H](C(=O)N2CCCC2)NC(=O)[C@H](C(C)C)N(C)C(=O)[C@H](Cc2ccccc2)N(C)C(=O)[C@H](CC(C)C)N(C)C(=O)[C@H](CCc2ccc(C(F)(F)F)cc2)NC(=O)CN(C)C(=O)[C@H](Cc2ccc(Cl)cc2)N(C)C(=O)CN(C)C(=O)CN(C)C1=O. The summed E-state index contributed by atoms with van der Waals surface area (Å²) in [6.07, 6.45) is -4.11. The fourth-order valence-electron chi connectivity index (χ4n) is 12.1. The van der Waals surface area contributed by atoms with Gasteiger partial charge in [-0.15, -0.1) is 0 Å². The number of likely N-dealkylation sites (tertiary alicyclic amines) is 1. The van der Waals surface area contributed by atoms with Crippen LogP contribution in [0.1, 0.15) is 109 Å². The third-order valence-electron chi connectivity index (χ3n) is 18.8. The van der Waals surface area contributed by atoms with Gasteiger partial charge >= 0.3 is 6.18 Å². The van der Waals surface area contributed by atoms with Crippen molar-refractivity contribution in [2.24, 2.45) is 17.8 Å². The number of rotatable bonds is 13. The second kappa shape index (κ2) is 36.5. The van der Waals surface area contributed by atoms with Crippen LogP contribution < -0.4 is 16.0 Å².